The van der Waals surface area contributed by atoms with Crippen LogP contribution in [0.25, 0.3) is 0 Å². The molecule has 1 fully saturated rings. The predicted molar refractivity (Wildman–Crippen MR) is 69.8 cm³/mol. The van der Waals surface area contributed by atoms with Gasteiger partial charge in [-0.2, -0.15) is 0 Å². The molecular weight excluding hydrogens is 210 g/mol. The molecule has 0 N–H and O–H groups in total. The lowest BCUT2D eigenvalue weighted by molar-refractivity contribution is -0.132. The molecule has 0 unspecified atom stereocenters. The Hall–Kier alpha value is -1.31. The summed E-state index contributed by atoms with van der Waals surface area (Å²) in [5, 5.41) is 0. The zero-order valence-electron chi connectivity index (χ0n) is 10.4. The molecule has 1 amide bonds. The first-order valence-electron chi connectivity index (χ1n) is 6.68. The van der Waals surface area contributed by atoms with Gasteiger partial charge in [0, 0.05) is 19.5 Å². The van der Waals surface area contributed by atoms with E-state index in [-0.39, 0.29) is 0 Å². The van der Waals surface area contributed by atoms with E-state index in [1.807, 2.05) is 11.0 Å². The van der Waals surface area contributed by atoms with Crippen molar-refractivity contribution in [3.8, 4) is 0 Å². The first kappa shape index (κ1) is 12.2. The van der Waals surface area contributed by atoms with Crippen molar-refractivity contribution in [2.45, 2.75) is 38.5 Å². The molecule has 1 aromatic carbocycles. The van der Waals surface area contributed by atoms with Crippen molar-refractivity contribution in [2.75, 3.05) is 13.1 Å². The fraction of sp³-hybridized carbons (Fsp3) is 0.533. The summed E-state index contributed by atoms with van der Waals surface area (Å²) in [5.74, 6) is 0.348. The Labute approximate surface area is 104 Å². The number of nitrogens with zero attached hydrogens (tertiary/aromatic N) is 1. The van der Waals surface area contributed by atoms with E-state index in [0.717, 1.165) is 25.9 Å². The van der Waals surface area contributed by atoms with Crippen LogP contribution in [0.5, 0.6) is 0 Å². The molecule has 2 nitrogen and oxygen atoms in total. The van der Waals surface area contributed by atoms with E-state index in [4.69, 9.17) is 0 Å². The quantitative estimate of drug-likeness (QED) is 0.780. The van der Waals surface area contributed by atoms with Crippen molar-refractivity contribution >= 4 is 5.91 Å². The minimum Gasteiger partial charge on any atom is -0.343 e. The van der Waals surface area contributed by atoms with Gasteiger partial charge in [-0.15, -0.1) is 0 Å². The third-order valence-electron chi connectivity index (χ3n) is 3.41. The predicted octanol–water partition coefficient (Wildman–Crippen LogP) is 3.02. The lowest BCUT2D eigenvalue weighted by Crippen LogP contribution is -2.35. The van der Waals surface area contributed by atoms with E-state index in [1.165, 1.54) is 24.8 Å². The highest BCUT2D eigenvalue weighted by atomic mass is 16.2. The number of rotatable bonds is 4. The number of carbonyl (C=O) groups excluding carboxylic acids is 1. The summed E-state index contributed by atoms with van der Waals surface area (Å²) in [4.78, 5) is 14.0. The van der Waals surface area contributed by atoms with E-state index >= 15 is 0 Å². The molecule has 0 bridgehead atoms. The van der Waals surface area contributed by atoms with Crippen molar-refractivity contribution in [3.63, 3.8) is 0 Å². The van der Waals surface area contributed by atoms with Crippen molar-refractivity contribution in [2.24, 2.45) is 0 Å². The Morgan fingerprint density at radius 1 is 1.06 bits per heavy atom. The molecule has 17 heavy (non-hydrogen) atoms. The standard InChI is InChI=1S/C15H21NO/c17-15(16-12-5-2-6-13-16)11-7-10-14-8-3-1-4-9-14/h1,3-4,8-9H,2,5-7,10-13H2. The van der Waals surface area contributed by atoms with E-state index < -0.39 is 0 Å². The third-order valence-corrected chi connectivity index (χ3v) is 3.41. The molecule has 0 aliphatic carbocycles. The summed E-state index contributed by atoms with van der Waals surface area (Å²) in [6.07, 6.45) is 6.34. The molecule has 92 valence electrons. The zero-order valence-corrected chi connectivity index (χ0v) is 10.4. The molecule has 1 aliphatic rings. The van der Waals surface area contributed by atoms with E-state index in [0.29, 0.717) is 12.3 Å². The van der Waals surface area contributed by atoms with E-state index in [9.17, 15) is 4.79 Å². The summed E-state index contributed by atoms with van der Waals surface area (Å²) in [6.45, 7) is 1.95. The van der Waals surface area contributed by atoms with Crippen LogP contribution in [0.4, 0.5) is 0 Å². The van der Waals surface area contributed by atoms with Gasteiger partial charge in [-0.1, -0.05) is 30.3 Å². The van der Waals surface area contributed by atoms with Crippen molar-refractivity contribution in [1.82, 2.24) is 4.90 Å². The monoisotopic (exact) mass is 231 g/mol. The van der Waals surface area contributed by atoms with Gasteiger partial charge < -0.3 is 4.90 Å². The van der Waals surface area contributed by atoms with Crippen LogP contribution in [-0.4, -0.2) is 23.9 Å². The van der Waals surface area contributed by atoms with Gasteiger partial charge in [0.25, 0.3) is 0 Å². The second-order valence-electron chi connectivity index (χ2n) is 4.78. The van der Waals surface area contributed by atoms with Crippen molar-refractivity contribution < 1.29 is 4.79 Å². The summed E-state index contributed by atoms with van der Waals surface area (Å²) in [7, 11) is 0. The van der Waals surface area contributed by atoms with Crippen molar-refractivity contribution in [1.29, 1.82) is 0 Å². The van der Waals surface area contributed by atoms with Crippen LogP contribution in [0, 0.1) is 0 Å². The van der Waals surface area contributed by atoms with Crippen LogP contribution in [0.3, 0.4) is 0 Å². The zero-order chi connectivity index (χ0) is 11.9. The van der Waals surface area contributed by atoms with Crippen LogP contribution in [-0.2, 0) is 11.2 Å². The molecule has 1 aliphatic heterocycles. The average Bonchev–Trinajstić information content (AvgIpc) is 2.41. The normalized spacial score (nSPS) is 15.9. The number of hydrogen-bond acceptors (Lipinski definition) is 1. The number of carbonyl (C=O) groups is 1. The number of hydrogen-bond donors (Lipinski definition) is 0. The van der Waals surface area contributed by atoms with Crippen molar-refractivity contribution in [3.05, 3.63) is 35.9 Å². The Balaban J connectivity index is 1.69. The second-order valence-corrected chi connectivity index (χ2v) is 4.78. The fourth-order valence-corrected chi connectivity index (χ4v) is 2.39. The van der Waals surface area contributed by atoms with Crippen LogP contribution in [0.2, 0.25) is 0 Å². The van der Waals surface area contributed by atoms with Gasteiger partial charge in [0.15, 0.2) is 0 Å². The molecule has 0 radical (unpaired) electrons. The lowest BCUT2D eigenvalue weighted by atomic mass is 10.1. The number of aryl methyl sites for hydroxylation is 1. The van der Waals surface area contributed by atoms with E-state index in [2.05, 4.69) is 24.3 Å². The Morgan fingerprint density at radius 2 is 1.76 bits per heavy atom. The van der Waals surface area contributed by atoms with Gasteiger partial charge in [-0.25, -0.2) is 0 Å². The molecule has 2 rings (SSSR count). The maximum atomic E-state index is 11.9. The molecule has 0 aromatic heterocycles. The Bertz CT molecular complexity index is 341. The van der Waals surface area contributed by atoms with Gasteiger partial charge in [-0.05, 0) is 37.7 Å². The SMILES string of the molecule is O=C(CCCc1ccccc1)N1CCCCC1. The summed E-state index contributed by atoms with van der Waals surface area (Å²) in [6, 6.07) is 10.4. The van der Waals surface area contributed by atoms with Gasteiger partial charge in [-0.3, -0.25) is 4.79 Å². The van der Waals surface area contributed by atoms with Crippen LogP contribution < -0.4 is 0 Å². The van der Waals surface area contributed by atoms with Crippen LogP contribution in [0.1, 0.15) is 37.7 Å². The minimum atomic E-state index is 0.348. The molecule has 1 saturated heterocycles. The first-order chi connectivity index (χ1) is 8.36. The second kappa shape index (κ2) is 6.43. The Kier molecular flexibility index (Phi) is 4.60. The highest BCUT2D eigenvalue weighted by Crippen LogP contribution is 2.12. The summed E-state index contributed by atoms with van der Waals surface area (Å²) < 4.78 is 0. The molecule has 1 heterocycles. The molecule has 1 aromatic rings. The maximum Gasteiger partial charge on any atom is 0.222 e. The lowest BCUT2D eigenvalue weighted by Gasteiger charge is -2.26. The van der Waals surface area contributed by atoms with E-state index in [1.54, 1.807) is 0 Å². The average molecular weight is 231 g/mol. The topological polar surface area (TPSA) is 20.3 Å². The molecular formula is C15H21NO. The Morgan fingerprint density at radius 3 is 2.47 bits per heavy atom. The molecule has 0 atom stereocenters. The largest absolute Gasteiger partial charge is 0.343 e. The highest BCUT2D eigenvalue weighted by Gasteiger charge is 2.15. The number of benzene rings is 1. The van der Waals surface area contributed by atoms with Crippen LogP contribution >= 0.6 is 0 Å². The molecule has 0 spiro atoms. The number of likely N-dealkylation sites (tertiary alicyclic amines) is 1. The fourth-order valence-electron chi connectivity index (χ4n) is 2.39. The molecule has 0 saturated carbocycles. The number of piperidine rings is 1. The molecule has 2 heteroatoms. The first-order valence-corrected chi connectivity index (χ1v) is 6.68. The summed E-state index contributed by atoms with van der Waals surface area (Å²) in [5.41, 5.74) is 1.33. The van der Waals surface area contributed by atoms with Gasteiger partial charge in [0.2, 0.25) is 5.91 Å². The van der Waals surface area contributed by atoms with Gasteiger partial charge >= 0.3 is 0 Å². The summed E-state index contributed by atoms with van der Waals surface area (Å²) >= 11 is 0. The van der Waals surface area contributed by atoms with Gasteiger partial charge in [0.1, 0.15) is 0 Å². The van der Waals surface area contributed by atoms with Gasteiger partial charge in [0.05, 0.1) is 0 Å². The minimum absolute atomic E-state index is 0.348. The smallest absolute Gasteiger partial charge is 0.222 e. The third kappa shape index (κ3) is 3.88. The number of amides is 1. The van der Waals surface area contributed by atoms with Crippen LogP contribution in [0.15, 0.2) is 30.3 Å². The maximum absolute atomic E-state index is 11.9. The highest BCUT2D eigenvalue weighted by molar-refractivity contribution is 5.76.